The van der Waals surface area contributed by atoms with Crippen LogP contribution in [0, 0.1) is 0 Å². The Balaban J connectivity index is 2.62. The van der Waals surface area contributed by atoms with E-state index in [1.807, 2.05) is 0 Å². The lowest BCUT2D eigenvalue weighted by Crippen LogP contribution is -2.05. The average molecular weight is 206 g/mol. The molecule has 78 valence electrons. The maximum absolute atomic E-state index is 11.2. The van der Waals surface area contributed by atoms with Crippen molar-refractivity contribution in [2.45, 2.75) is 6.42 Å². The molecule has 0 unspecified atom stereocenters. The zero-order chi connectivity index (χ0) is 11.3. The minimum absolute atomic E-state index is 0.0824. The predicted octanol–water partition coefficient (Wildman–Crippen LogP) is 0.740. The summed E-state index contributed by atoms with van der Waals surface area (Å²) >= 11 is 0. The van der Waals surface area contributed by atoms with Crippen LogP contribution in [-0.4, -0.2) is 24.6 Å². The first-order valence-corrected chi connectivity index (χ1v) is 4.35. The maximum atomic E-state index is 11.2. The molecule has 0 heterocycles. The number of esters is 1. The number of methoxy groups -OCH3 is 1. The van der Waals surface area contributed by atoms with Crippen LogP contribution in [0.5, 0.6) is 0 Å². The molecule has 1 rings (SSSR count). The number of hydrogen-bond donors (Lipinski definition) is 0. The van der Waals surface area contributed by atoms with Crippen molar-refractivity contribution in [3.8, 4) is 0 Å². The molecular weight excluding hydrogens is 196 g/mol. The van der Waals surface area contributed by atoms with Gasteiger partial charge < -0.3 is 4.74 Å². The Labute approximate surface area is 86.9 Å². The predicted molar refractivity (Wildman–Crippen MR) is 53.0 cm³/mol. The quantitative estimate of drug-likeness (QED) is 0.504. The van der Waals surface area contributed by atoms with Crippen LogP contribution in [0.1, 0.15) is 6.42 Å². The second-order valence-corrected chi connectivity index (χ2v) is 2.88. The van der Waals surface area contributed by atoms with Gasteiger partial charge in [-0.05, 0) is 18.2 Å². The Morgan fingerprint density at radius 3 is 2.80 bits per heavy atom. The highest BCUT2D eigenvalue weighted by molar-refractivity contribution is 6.18. The van der Waals surface area contributed by atoms with Crippen LogP contribution in [-0.2, 0) is 19.1 Å². The van der Waals surface area contributed by atoms with Crippen LogP contribution >= 0.6 is 0 Å². The van der Waals surface area contributed by atoms with Crippen molar-refractivity contribution in [3.05, 3.63) is 36.0 Å². The highest BCUT2D eigenvalue weighted by atomic mass is 16.5. The van der Waals surface area contributed by atoms with E-state index in [1.165, 1.54) is 37.5 Å². The Morgan fingerprint density at radius 2 is 2.13 bits per heavy atom. The van der Waals surface area contributed by atoms with Gasteiger partial charge in [-0.15, -0.1) is 0 Å². The standard InChI is InChI=1S/C11H10O4/c1-15-11(14)4-2-3-8-7-9(12)5-6-10(8)13/h2-3,5-7H,4H2,1H3/b3-2-. The average Bonchev–Trinajstić information content (AvgIpc) is 2.23. The summed E-state index contributed by atoms with van der Waals surface area (Å²) in [4.78, 5) is 32.9. The van der Waals surface area contributed by atoms with E-state index in [0.717, 1.165) is 0 Å². The van der Waals surface area contributed by atoms with E-state index in [0.29, 0.717) is 0 Å². The molecule has 1 aliphatic carbocycles. The molecule has 0 atom stereocenters. The molecule has 0 bridgehead atoms. The molecule has 0 aliphatic heterocycles. The monoisotopic (exact) mass is 206 g/mol. The van der Waals surface area contributed by atoms with Gasteiger partial charge in [-0.2, -0.15) is 0 Å². The summed E-state index contributed by atoms with van der Waals surface area (Å²) in [5.41, 5.74) is 0.284. The molecule has 0 N–H and O–H groups in total. The van der Waals surface area contributed by atoms with Crippen molar-refractivity contribution in [2.24, 2.45) is 0 Å². The number of rotatable bonds is 3. The van der Waals surface area contributed by atoms with Gasteiger partial charge in [-0.3, -0.25) is 14.4 Å². The lowest BCUT2D eigenvalue weighted by molar-refractivity contribution is -0.139. The van der Waals surface area contributed by atoms with Gasteiger partial charge in [0.1, 0.15) is 0 Å². The zero-order valence-electron chi connectivity index (χ0n) is 8.23. The van der Waals surface area contributed by atoms with Gasteiger partial charge in [0.05, 0.1) is 13.5 Å². The highest BCUT2D eigenvalue weighted by Crippen LogP contribution is 2.07. The van der Waals surface area contributed by atoms with Crippen molar-refractivity contribution in [1.82, 2.24) is 0 Å². The van der Waals surface area contributed by atoms with Crippen LogP contribution in [0.3, 0.4) is 0 Å². The molecule has 0 amide bonds. The maximum Gasteiger partial charge on any atom is 0.309 e. The fourth-order valence-corrected chi connectivity index (χ4v) is 1.02. The molecule has 15 heavy (non-hydrogen) atoms. The third kappa shape index (κ3) is 3.34. The summed E-state index contributed by atoms with van der Waals surface area (Å²) < 4.78 is 4.41. The summed E-state index contributed by atoms with van der Waals surface area (Å²) in [7, 11) is 1.29. The largest absolute Gasteiger partial charge is 0.469 e. The Hall–Kier alpha value is -1.97. The fraction of sp³-hybridized carbons (Fsp3) is 0.182. The molecule has 1 aliphatic rings. The topological polar surface area (TPSA) is 60.4 Å². The van der Waals surface area contributed by atoms with Gasteiger partial charge >= 0.3 is 5.97 Å². The van der Waals surface area contributed by atoms with Crippen LogP contribution in [0.15, 0.2) is 36.0 Å². The summed E-state index contributed by atoms with van der Waals surface area (Å²) in [5, 5.41) is 0. The fourth-order valence-electron chi connectivity index (χ4n) is 1.02. The van der Waals surface area contributed by atoms with Crippen LogP contribution < -0.4 is 0 Å². The highest BCUT2D eigenvalue weighted by Gasteiger charge is 2.09. The van der Waals surface area contributed by atoms with E-state index in [4.69, 9.17) is 0 Å². The van der Waals surface area contributed by atoms with Gasteiger partial charge in [0.25, 0.3) is 0 Å². The third-order valence-corrected chi connectivity index (χ3v) is 1.79. The molecule has 0 aromatic carbocycles. The first-order chi connectivity index (χ1) is 7.13. The van der Waals surface area contributed by atoms with Crippen LogP contribution in [0.2, 0.25) is 0 Å². The summed E-state index contributed by atoms with van der Waals surface area (Å²) in [6, 6.07) is 0. The van der Waals surface area contributed by atoms with E-state index in [-0.39, 0.29) is 23.6 Å². The van der Waals surface area contributed by atoms with Crippen molar-refractivity contribution < 1.29 is 19.1 Å². The number of ketones is 2. The molecule has 0 aromatic rings. The second-order valence-electron chi connectivity index (χ2n) is 2.88. The smallest absolute Gasteiger partial charge is 0.309 e. The molecule has 0 saturated heterocycles. The van der Waals surface area contributed by atoms with Gasteiger partial charge in [0, 0.05) is 5.57 Å². The zero-order valence-corrected chi connectivity index (χ0v) is 8.23. The second kappa shape index (κ2) is 5.05. The number of ether oxygens (including phenoxy) is 1. The van der Waals surface area contributed by atoms with Gasteiger partial charge in [-0.25, -0.2) is 0 Å². The van der Waals surface area contributed by atoms with Crippen molar-refractivity contribution in [2.75, 3.05) is 7.11 Å². The van der Waals surface area contributed by atoms with E-state index in [2.05, 4.69) is 4.74 Å². The van der Waals surface area contributed by atoms with Gasteiger partial charge in [-0.1, -0.05) is 12.2 Å². The molecule has 0 spiro atoms. The number of hydrogen-bond acceptors (Lipinski definition) is 4. The lowest BCUT2D eigenvalue weighted by Gasteiger charge is -2.00. The molecule has 0 aromatic heterocycles. The Bertz CT molecular complexity index is 385. The summed E-state index contributed by atoms with van der Waals surface area (Å²) in [5.74, 6) is -0.861. The van der Waals surface area contributed by atoms with Crippen molar-refractivity contribution in [3.63, 3.8) is 0 Å². The first kappa shape index (κ1) is 11.1. The SMILES string of the molecule is COC(=O)C/C=C\C1=CC(=O)C=CC1=O. The van der Waals surface area contributed by atoms with Crippen LogP contribution in [0.25, 0.3) is 0 Å². The van der Waals surface area contributed by atoms with E-state index >= 15 is 0 Å². The van der Waals surface area contributed by atoms with E-state index in [1.54, 1.807) is 0 Å². The van der Waals surface area contributed by atoms with Crippen LogP contribution in [0.4, 0.5) is 0 Å². The minimum atomic E-state index is -0.392. The van der Waals surface area contributed by atoms with E-state index < -0.39 is 5.97 Å². The van der Waals surface area contributed by atoms with Gasteiger partial charge in [0.15, 0.2) is 11.6 Å². The molecule has 0 saturated carbocycles. The Morgan fingerprint density at radius 1 is 1.40 bits per heavy atom. The minimum Gasteiger partial charge on any atom is -0.469 e. The van der Waals surface area contributed by atoms with Crippen molar-refractivity contribution >= 4 is 17.5 Å². The first-order valence-electron chi connectivity index (χ1n) is 4.35. The molecular formula is C11H10O4. The molecule has 4 heteroatoms. The lowest BCUT2D eigenvalue weighted by atomic mass is 10.0. The van der Waals surface area contributed by atoms with Crippen molar-refractivity contribution in [1.29, 1.82) is 0 Å². The van der Waals surface area contributed by atoms with E-state index in [9.17, 15) is 14.4 Å². The number of allylic oxidation sites excluding steroid dienone is 5. The molecule has 0 fully saturated rings. The molecule has 0 radical (unpaired) electrons. The summed E-state index contributed by atoms with van der Waals surface area (Å²) in [6.45, 7) is 0. The molecule has 4 nitrogen and oxygen atoms in total. The number of carbonyl (C=O) groups is 3. The normalized spacial score (nSPS) is 15.7. The Kier molecular flexibility index (Phi) is 3.74. The number of carbonyl (C=O) groups excluding carboxylic acids is 3. The summed E-state index contributed by atoms with van der Waals surface area (Å²) in [6.07, 6.45) is 6.66. The van der Waals surface area contributed by atoms with Gasteiger partial charge in [0.2, 0.25) is 0 Å². The third-order valence-electron chi connectivity index (χ3n) is 1.79.